The number of benzene rings is 1. The van der Waals surface area contributed by atoms with E-state index in [1.807, 2.05) is 6.08 Å². The fraction of sp³-hybridized carbons (Fsp3) is 0.385. The maximum atomic E-state index is 3.84. The summed E-state index contributed by atoms with van der Waals surface area (Å²) in [7, 11) is 2.25. The van der Waals surface area contributed by atoms with Crippen LogP contribution in [-0.2, 0) is 0 Å². The predicted octanol–water partition coefficient (Wildman–Crippen LogP) is 0.222. The maximum Gasteiger partial charge on any atom is 0.133 e. The Balaban J connectivity index is 0.00000196. The minimum absolute atomic E-state index is 0. The molecule has 0 bridgehead atoms. The van der Waals surface area contributed by atoms with Crippen molar-refractivity contribution in [3.63, 3.8) is 0 Å². The van der Waals surface area contributed by atoms with Gasteiger partial charge in [0.2, 0.25) is 0 Å². The van der Waals surface area contributed by atoms with E-state index in [4.69, 9.17) is 0 Å². The Morgan fingerprint density at radius 2 is 1.80 bits per heavy atom. The molecule has 0 heterocycles. The first-order valence-electron chi connectivity index (χ1n) is 5.13. The first-order chi connectivity index (χ1) is 6.61. The van der Waals surface area contributed by atoms with E-state index in [-0.39, 0.29) is 17.0 Å². The van der Waals surface area contributed by atoms with Crippen LogP contribution in [0.2, 0.25) is 0 Å². The second-order valence-electron chi connectivity index (χ2n) is 4.17. The van der Waals surface area contributed by atoms with E-state index in [0.717, 1.165) is 11.0 Å². The van der Waals surface area contributed by atoms with Gasteiger partial charge in [0.1, 0.15) is 12.2 Å². The topological polar surface area (TPSA) is 0 Å². The number of quaternary nitrogens is 1. The number of hydrogen-bond donors (Lipinski definition) is 0. The van der Waals surface area contributed by atoms with Gasteiger partial charge in [-0.3, -0.25) is 4.48 Å². The van der Waals surface area contributed by atoms with Crippen molar-refractivity contribution in [3.8, 4) is 0 Å². The van der Waals surface area contributed by atoms with Gasteiger partial charge in [-0.1, -0.05) is 24.8 Å². The summed E-state index contributed by atoms with van der Waals surface area (Å²) in [6.45, 7) is 9.30. The number of likely N-dealkylation sites (N-methyl/N-ethyl adjacent to an activating group) is 1. The van der Waals surface area contributed by atoms with Crippen molar-refractivity contribution in [3.05, 3.63) is 43.0 Å². The largest absolute Gasteiger partial charge is 1.00 e. The van der Waals surface area contributed by atoms with Crippen molar-refractivity contribution in [1.29, 1.82) is 0 Å². The Morgan fingerprint density at radius 1 is 1.27 bits per heavy atom. The second kappa shape index (κ2) is 6.09. The van der Waals surface area contributed by atoms with Crippen LogP contribution >= 0.6 is 0 Å². The number of para-hydroxylation sites is 1. The van der Waals surface area contributed by atoms with Crippen LogP contribution in [0.1, 0.15) is 13.8 Å². The zero-order valence-electron chi connectivity index (χ0n) is 9.78. The lowest BCUT2D eigenvalue weighted by Gasteiger charge is -2.37. The van der Waals surface area contributed by atoms with E-state index in [0.29, 0.717) is 6.04 Å². The third-order valence-corrected chi connectivity index (χ3v) is 2.99. The molecule has 0 amide bonds. The zero-order chi connectivity index (χ0) is 10.6. The average Bonchev–Trinajstić information content (AvgIpc) is 2.19. The number of halogens is 1. The Bertz CT molecular complexity index is 295. The van der Waals surface area contributed by atoms with Crippen molar-refractivity contribution in [2.24, 2.45) is 0 Å². The van der Waals surface area contributed by atoms with Crippen molar-refractivity contribution >= 4 is 5.69 Å². The van der Waals surface area contributed by atoms with E-state index in [1.54, 1.807) is 0 Å². The molecule has 0 aliphatic heterocycles. The van der Waals surface area contributed by atoms with E-state index in [1.165, 1.54) is 5.69 Å². The third kappa shape index (κ3) is 3.18. The molecule has 1 aromatic rings. The Morgan fingerprint density at radius 3 is 2.20 bits per heavy atom. The minimum Gasteiger partial charge on any atom is -1.00 e. The predicted molar refractivity (Wildman–Crippen MR) is 64.4 cm³/mol. The normalized spacial score (nSPS) is 14.1. The first kappa shape index (κ1) is 14.4. The standard InChI is InChI=1S/C13H20N.BrH/c1-5-11-14(4,12(2)3)13-9-7-6-8-10-13;/h5-10,12H,1,11H2,2-4H3;1H/q+1;/p-1/t14-;/m1./s1. The van der Waals surface area contributed by atoms with Gasteiger partial charge >= 0.3 is 0 Å². The van der Waals surface area contributed by atoms with E-state index < -0.39 is 0 Å². The van der Waals surface area contributed by atoms with Crippen molar-refractivity contribution in [1.82, 2.24) is 4.48 Å². The molecular weight excluding hydrogens is 250 g/mol. The monoisotopic (exact) mass is 269 g/mol. The van der Waals surface area contributed by atoms with Gasteiger partial charge in [-0.15, -0.1) is 0 Å². The molecule has 0 saturated heterocycles. The molecule has 0 N–H and O–H groups in total. The van der Waals surface area contributed by atoms with Gasteiger partial charge in [-0.2, -0.15) is 0 Å². The molecule has 15 heavy (non-hydrogen) atoms. The van der Waals surface area contributed by atoms with Crippen LogP contribution in [0.5, 0.6) is 0 Å². The van der Waals surface area contributed by atoms with Gasteiger partial charge in [-0.05, 0) is 32.1 Å². The molecule has 1 atom stereocenters. The quantitative estimate of drug-likeness (QED) is 0.542. The molecule has 0 aromatic heterocycles. The molecule has 1 nitrogen and oxygen atoms in total. The highest BCUT2D eigenvalue weighted by Gasteiger charge is 2.26. The van der Waals surface area contributed by atoms with Gasteiger partial charge in [0.15, 0.2) is 0 Å². The van der Waals surface area contributed by atoms with Gasteiger partial charge < -0.3 is 17.0 Å². The number of nitrogens with zero attached hydrogens (tertiary/aromatic N) is 1. The lowest BCUT2D eigenvalue weighted by molar-refractivity contribution is -0.00000307. The summed E-state index contributed by atoms with van der Waals surface area (Å²) in [4.78, 5) is 0. The molecule has 0 spiro atoms. The average molecular weight is 270 g/mol. The molecule has 0 unspecified atom stereocenters. The summed E-state index contributed by atoms with van der Waals surface area (Å²) in [6.07, 6.45) is 1.99. The van der Waals surface area contributed by atoms with Crippen LogP contribution in [0.15, 0.2) is 43.0 Å². The van der Waals surface area contributed by atoms with Gasteiger partial charge in [-0.25, -0.2) is 0 Å². The molecule has 1 aromatic carbocycles. The zero-order valence-corrected chi connectivity index (χ0v) is 11.4. The number of rotatable bonds is 4. The van der Waals surface area contributed by atoms with E-state index in [9.17, 15) is 0 Å². The lowest BCUT2D eigenvalue weighted by atomic mass is 10.2. The van der Waals surface area contributed by atoms with Crippen molar-refractivity contribution in [2.45, 2.75) is 19.9 Å². The fourth-order valence-corrected chi connectivity index (χ4v) is 1.65. The molecule has 0 aliphatic carbocycles. The van der Waals surface area contributed by atoms with Crippen molar-refractivity contribution < 1.29 is 17.0 Å². The molecule has 0 saturated carbocycles. The van der Waals surface area contributed by atoms with E-state index >= 15 is 0 Å². The smallest absolute Gasteiger partial charge is 0.133 e. The first-order valence-corrected chi connectivity index (χ1v) is 5.13. The lowest BCUT2D eigenvalue weighted by Crippen LogP contribution is -3.00. The molecule has 0 radical (unpaired) electrons. The Kier molecular flexibility index (Phi) is 5.84. The summed E-state index contributed by atoms with van der Waals surface area (Å²) >= 11 is 0. The maximum absolute atomic E-state index is 3.84. The number of hydrogen-bond acceptors (Lipinski definition) is 0. The molecule has 84 valence electrons. The summed E-state index contributed by atoms with van der Waals surface area (Å²) in [5.41, 5.74) is 1.35. The van der Waals surface area contributed by atoms with Gasteiger partial charge in [0.05, 0.1) is 13.1 Å². The fourth-order valence-electron chi connectivity index (χ4n) is 1.65. The summed E-state index contributed by atoms with van der Waals surface area (Å²) in [5.74, 6) is 0. The molecule has 2 heteroatoms. The van der Waals surface area contributed by atoms with Gasteiger partial charge in [0, 0.05) is 0 Å². The summed E-state index contributed by atoms with van der Waals surface area (Å²) < 4.78 is 0.921. The molecule has 0 aliphatic rings. The highest BCUT2D eigenvalue weighted by molar-refractivity contribution is 5.42. The second-order valence-corrected chi connectivity index (χ2v) is 4.17. The molecule has 1 rings (SSSR count). The molecular formula is C13H20BrN. The van der Waals surface area contributed by atoms with Crippen LogP contribution in [0.3, 0.4) is 0 Å². The van der Waals surface area contributed by atoms with Crippen LogP contribution in [0.25, 0.3) is 0 Å². The summed E-state index contributed by atoms with van der Waals surface area (Å²) in [6, 6.07) is 11.2. The van der Waals surface area contributed by atoms with Crippen LogP contribution in [-0.4, -0.2) is 19.6 Å². The van der Waals surface area contributed by atoms with Crippen LogP contribution in [0.4, 0.5) is 5.69 Å². The summed E-state index contributed by atoms with van der Waals surface area (Å²) in [5, 5.41) is 0. The van der Waals surface area contributed by atoms with Crippen LogP contribution < -0.4 is 21.5 Å². The van der Waals surface area contributed by atoms with E-state index in [2.05, 4.69) is 57.8 Å². The van der Waals surface area contributed by atoms with Crippen LogP contribution in [0, 0.1) is 0 Å². The van der Waals surface area contributed by atoms with Gasteiger partial charge in [0.25, 0.3) is 0 Å². The SMILES string of the molecule is C=CC[N@@+](C)(c1ccccc1)C(C)C.[Br-]. The highest BCUT2D eigenvalue weighted by atomic mass is 79.9. The minimum atomic E-state index is 0. The highest BCUT2D eigenvalue weighted by Crippen LogP contribution is 2.23. The van der Waals surface area contributed by atoms with Crippen molar-refractivity contribution in [2.75, 3.05) is 13.6 Å². The Hall–Kier alpha value is -0.600. The Labute approximate surface area is 104 Å². The molecule has 0 fully saturated rings. The third-order valence-electron chi connectivity index (χ3n) is 2.99.